The molecule has 0 spiro atoms. The SMILES string of the molecule is CC[C@@]1(Cl)C(=O)O[C@@H]1C(C)(C)C. The van der Waals surface area contributed by atoms with Gasteiger partial charge in [-0.3, -0.25) is 0 Å². The molecule has 12 heavy (non-hydrogen) atoms. The number of cyclic esters (lactones) is 1. The Morgan fingerprint density at radius 1 is 1.58 bits per heavy atom. The van der Waals surface area contributed by atoms with Gasteiger partial charge in [0.15, 0.2) is 4.87 Å². The molecule has 0 aromatic carbocycles. The van der Waals surface area contributed by atoms with Gasteiger partial charge in [-0.2, -0.15) is 0 Å². The van der Waals surface area contributed by atoms with Crippen LogP contribution in [0.25, 0.3) is 0 Å². The maximum atomic E-state index is 11.1. The van der Waals surface area contributed by atoms with Gasteiger partial charge in [-0.05, 0) is 6.42 Å². The smallest absolute Gasteiger partial charge is 0.331 e. The molecule has 2 atom stereocenters. The highest BCUT2D eigenvalue weighted by molar-refractivity contribution is 6.36. The van der Waals surface area contributed by atoms with Crippen molar-refractivity contribution in [2.24, 2.45) is 5.41 Å². The highest BCUT2D eigenvalue weighted by atomic mass is 35.5. The van der Waals surface area contributed by atoms with E-state index in [0.29, 0.717) is 6.42 Å². The van der Waals surface area contributed by atoms with Crippen LogP contribution in [-0.2, 0) is 9.53 Å². The molecule has 2 nitrogen and oxygen atoms in total. The Morgan fingerprint density at radius 2 is 2.08 bits per heavy atom. The van der Waals surface area contributed by atoms with Crippen LogP contribution in [0.2, 0.25) is 0 Å². The van der Waals surface area contributed by atoms with Gasteiger partial charge in [0.05, 0.1) is 0 Å². The number of carbonyl (C=O) groups excluding carboxylic acids is 1. The van der Waals surface area contributed by atoms with Gasteiger partial charge in [-0.1, -0.05) is 27.7 Å². The van der Waals surface area contributed by atoms with Crippen molar-refractivity contribution < 1.29 is 9.53 Å². The maximum absolute atomic E-state index is 11.1. The summed E-state index contributed by atoms with van der Waals surface area (Å²) >= 11 is 6.12. The van der Waals surface area contributed by atoms with Crippen LogP contribution in [0.5, 0.6) is 0 Å². The number of ether oxygens (including phenoxy) is 1. The molecule has 0 aliphatic carbocycles. The molecule has 1 rings (SSSR count). The molecule has 1 aliphatic rings. The predicted octanol–water partition coefficient (Wildman–Crippen LogP) is 2.35. The zero-order chi connectivity index (χ0) is 9.57. The van der Waals surface area contributed by atoms with Gasteiger partial charge in [0.1, 0.15) is 6.10 Å². The summed E-state index contributed by atoms with van der Waals surface area (Å²) in [5.74, 6) is -0.272. The average molecular weight is 191 g/mol. The topological polar surface area (TPSA) is 26.3 Å². The van der Waals surface area contributed by atoms with Gasteiger partial charge >= 0.3 is 5.97 Å². The Labute approximate surface area is 78.2 Å². The molecule has 3 heteroatoms. The van der Waals surface area contributed by atoms with Crippen LogP contribution < -0.4 is 0 Å². The van der Waals surface area contributed by atoms with E-state index in [1.165, 1.54) is 0 Å². The lowest BCUT2D eigenvalue weighted by atomic mass is 9.76. The fraction of sp³-hybridized carbons (Fsp3) is 0.889. The Kier molecular flexibility index (Phi) is 2.15. The van der Waals surface area contributed by atoms with Crippen LogP contribution in [0.4, 0.5) is 0 Å². The van der Waals surface area contributed by atoms with Crippen molar-refractivity contribution in [3.05, 3.63) is 0 Å². The van der Waals surface area contributed by atoms with E-state index < -0.39 is 4.87 Å². The standard InChI is InChI=1S/C9H15ClO2/c1-5-9(10)6(8(2,3)4)12-7(9)11/h6H,5H2,1-4H3/t6-,9+/m1/s1. The first-order chi connectivity index (χ1) is 5.32. The molecule has 70 valence electrons. The summed E-state index contributed by atoms with van der Waals surface area (Å²) in [5.41, 5.74) is -0.0638. The molecule has 1 aliphatic heterocycles. The highest BCUT2D eigenvalue weighted by Gasteiger charge is 2.60. The van der Waals surface area contributed by atoms with Crippen LogP contribution in [-0.4, -0.2) is 16.9 Å². The number of halogens is 1. The summed E-state index contributed by atoms with van der Waals surface area (Å²) in [7, 11) is 0. The predicted molar refractivity (Wildman–Crippen MR) is 48.2 cm³/mol. The van der Waals surface area contributed by atoms with Crippen molar-refractivity contribution >= 4 is 17.6 Å². The van der Waals surface area contributed by atoms with Crippen LogP contribution in [0.3, 0.4) is 0 Å². The number of alkyl halides is 1. The molecule has 0 bridgehead atoms. The van der Waals surface area contributed by atoms with E-state index in [1.807, 2.05) is 27.7 Å². The molecule has 0 unspecified atom stereocenters. The second kappa shape index (κ2) is 2.63. The zero-order valence-corrected chi connectivity index (χ0v) is 8.73. The van der Waals surface area contributed by atoms with E-state index in [0.717, 1.165) is 0 Å². The largest absolute Gasteiger partial charge is 0.458 e. The first-order valence-electron chi connectivity index (χ1n) is 4.22. The van der Waals surface area contributed by atoms with Crippen LogP contribution >= 0.6 is 11.6 Å². The van der Waals surface area contributed by atoms with Crippen LogP contribution in [0.1, 0.15) is 34.1 Å². The number of esters is 1. The summed E-state index contributed by atoms with van der Waals surface area (Å²) in [5, 5.41) is 0. The van der Waals surface area contributed by atoms with Gasteiger partial charge in [0.25, 0.3) is 0 Å². The Balaban J connectivity index is 2.80. The summed E-state index contributed by atoms with van der Waals surface area (Å²) in [6.07, 6.45) is 0.485. The normalized spacial score (nSPS) is 35.8. The molecular formula is C9H15ClO2. The minimum absolute atomic E-state index is 0.0638. The Bertz CT molecular complexity index is 207. The zero-order valence-electron chi connectivity index (χ0n) is 7.98. The van der Waals surface area contributed by atoms with E-state index >= 15 is 0 Å². The van der Waals surface area contributed by atoms with E-state index in [9.17, 15) is 4.79 Å². The Morgan fingerprint density at radius 3 is 2.25 bits per heavy atom. The van der Waals surface area contributed by atoms with Crippen molar-refractivity contribution in [1.82, 2.24) is 0 Å². The van der Waals surface area contributed by atoms with Gasteiger partial charge in [0, 0.05) is 5.41 Å². The second-order valence-corrected chi connectivity index (χ2v) is 5.04. The van der Waals surface area contributed by atoms with E-state index in [-0.39, 0.29) is 17.5 Å². The Hall–Kier alpha value is -0.240. The molecule has 0 amide bonds. The third-order valence-electron chi connectivity index (χ3n) is 2.28. The first kappa shape index (κ1) is 9.85. The molecule has 1 fully saturated rings. The lowest BCUT2D eigenvalue weighted by Gasteiger charge is -2.48. The summed E-state index contributed by atoms with van der Waals surface area (Å²) < 4.78 is 5.04. The highest BCUT2D eigenvalue weighted by Crippen LogP contribution is 2.45. The number of rotatable bonds is 1. The monoisotopic (exact) mass is 190 g/mol. The summed E-state index contributed by atoms with van der Waals surface area (Å²) in [6.45, 7) is 7.98. The number of hydrogen-bond donors (Lipinski definition) is 0. The number of carbonyl (C=O) groups is 1. The molecule has 0 aromatic heterocycles. The average Bonchev–Trinajstić information content (AvgIpc) is 1.96. The van der Waals surface area contributed by atoms with Crippen molar-refractivity contribution in [1.29, 1.82) is 0 Å². The van der Waals surface area contributed by atoms with Crippen molar-refractivity contribution in [3.8, 4) is 0 Å². The quantitative estimate of drug-likeness (QED) is 0.469. The summed E-state index contributed by atoms with van der Waals surface area (Å²) in [4.78, 5) is 10.3. The van der Waals surface area contributed by atoms with Crippen molar-refractivity contribution in [2.45, 2.75) is 45.1 Å². The minimum atomic E-state index is -0.766. The molecule has 0 aromatic rings. The third kappa shape index (κ3) is 1.22. The lowest BCUT2D eigenvalue weighted by molar-refractivity contribution is -0.192. The van der Waals surface area contributed by atoms with Gasteiger partial charge in [-0.15, -0.1) is 11.6 Å². The van der Waals surface area contributed by atoms with Crippen LogP contribution in [0, 0.1) is 5.41 Å². The molecule has 0 radical (unpaired) electrons. The van der Waals surface area contributed by atoms with Gasteiger partial charge in [0.2, 0.25) is 0 Å². The molecular weight excluding hydrogens is 176 g/mol. The van der Waals surface area contributed by atoms with Crippen molar-refractivity contribution in [2.75, 3.05) is 0 Å². The maximum Gasteiger partial charge on any atom is 0.331 e. The van der Waals surface area contributed by atoms with Crippen molar-refractivity contribution in [3.63, 3.8) is 0 Å². The fourth-order valence-corrected chi connectivity index (χ4v) is 1.96. The van der Waals surface area contributed by atoms with Gasteiger partial charge in [-0.25, -0.2) is 4.79 Å². The minimum Gasteiger partial charge on any atom is -0.458 e. The third-order valence-corrected chi connectivity index (χ3v) is 2.90. The molecule has 1 heterocycles. The second-order valence-electron chi connectivity index (χ2n) is 4.37. The van der Waals surface area contributed by atoms with Gasteiger partial charge < -0.3 is 4.74 Å². The fourth-order valence-electron chi connectivity index (χ4n) is 1.54. The number of hydrogen-bond acceptors (Lipinski definition) is 2. The molecule has 0 N–H and O–H groups in total. The van der Waals surface area contributed by atoms with E-state index in [1.54, 1.807) is 0 Å². The molecule has 0 saturated carbocycles. The first-order valence-corrected chi connectivity index (χ1v) is 4.60. The summed E-state index contributed by atoms with van der Waals surface area (Å²) in [6, 6.07) is 0. The van der Waals surface area contributed by atoms with E-state index in [2.05, 4.69) is 0 Å². The molecule has 1 saturated heterocycles. The lowest BCUT2D eigenvalue weighted by Crippen LogP contribution is -2.63. The van der Waals surface area contributed by atoms with E-state index in [4.69, 9.17) is 16.3 Å². The van der Waals surface area contributed by atoms with Crippen LogP contribution in [0.15, 0.2) is 0 Å².